The number of carbonyl (C=O) groups is 1. The van der Waals surface area contributed by atoms with Crippen LogP contribution in [-0.2, 0) is 11.2 Å². The number of aromatic nitrogens is 1. The lowest BCUT2D eigenvalue weighted by atomic mass is 10.1. The van der Waals surface area contributed by atoms with Gasteiger partial charge in [0.05, 0.1) is 0 Å². The molecule has 0 amide bonds. The van der Waals surface area contributed by atoms with Gasteiger partial charge in [-0.25, -0.2) is 4.79 Å². The summed E-state index contributed by atoms with van der Waals surface area (Å²) in [5.41, 5.74) is 1.41. The lowest BCUT2D eigenvalue weighted by Gasteiger charge is -2.24. The molecule has 0 bridgehead atoms. The lowest BCUT2D eigenvalue weighted by Crippen LogP contribution is -2.38. The van der Waals surface area contributed by atoms with Gasteiger partial charge in [0.1, 0.15) is 11.3 Å². The zero-order valence-corrected chi connectivity index (χ0v) is 20.8. The maximum atomic E-state index is 11.5. The molecule has 0 atom stereocenters. The van der Waals surface area contributed by atoms with Gasteiger partial charge in [-0.05, 0) is 56.9 Å². The summed E-state index contributed by atoms with van der Waals surface area (Å²) >= 11 is 0. The van der Waals surface area contributed by atoms with E-state index >= 15 is 0 Å². The number of carboxylic acid groups (broad SMARTS) is 1. The number of oxazole rings is 1. The third-order valence-electron chi connectivity index (χ3n) is 6.06. The molecule has 6 nitrogen and oxygen atoms in total. The van der Waals surface area contributed by atoms with Gasteiger partial charge < -0.3 is 19.2 Å². The van der Waals surface area contributed by atoms with Crippen molar-refractivity contribution < 1.29 is 19.1 Å². The third kappa shape index (κ3) is 7.24. The van der Waals surface area contributed by atoms with Gasteiger partial charge in [-0.1, -0.05) is 69.4 Å². The van der Waals surface area contributed by atoms with Crippen molar-refractivity contribution in [2.75, 3.05) is 18.0 Å². The Labute approximate surface area is 202 Å². The van der Waals surface area contributed by atoms with E-state index in [1.165, 1.54) is 32.1 Å². The van der Waals surface area contributed by atoms with Crippen molar-refractivity contribution in [2.24, 2.45) is 0 Å². The van der Waals surface area contributed by atoms with Gasteiger partial charge in [0, 0.05) is 13.1 Å². The minimum atomic E-state index is -1.28. The minimum absolute atomic E-state index is 0.624. The molecular weight excluding hydrogens is 428 g/mol. The molecule has 0 saturated heterocycles. The van der Waals surface area contributed by atoms with Crippen molar-refractivity contribution in [1.82, 2.24) is 4.98 Å². The van der Waals surface area contributed by atoms with Gasteiger partial charge in [-0.2, -0.15) is 4.98 Å². The number of unbranched alkanes of at least 4 members (excludes halogenated alkanes) is 5. The zero-order chi connectivity index (χ0) is 24.4. The average Bonchev–Trinajstić information content (AvgIpc) is 3.25. The number of benzene rings is 2. The van der Waals surface area contributed by atoms with Crippen LogP contribution >= 0.6 is 0 Å². The summed E-state index contributed by atoms with van der Waals surface area (Å²) in [4.78, 5) is 18.5. The quantitative estimate of drug-likeness (QED) is 0.246. The first-order valence-corrected chi connectivity index (χ1v) is 12.5. The lowest BCUT2D eigenvalue weighted by molar-refractivity contribution is -0.152. The summed E-state index contributed by atoms with van der Waals surface area (Å²) < 4.78 is 11.9. The number of hydrogen-bond acceptors (Lipinski definition) is 5. The van der Waals surface area contributed by atoms with E-state index in [0.717, 1.165) is 49.0 Å². The van der Waals surface area contributed by atoms with Crippen LogP contribution in [0.4, 0.5) is 6.01 Å². The molecule has 0 saturated carbocycles. The summed E-state index contributed by atoms with van der Waals surface area (Å²) in [6.07, 6.45) is 9.08. The van der Waals surface area contributed by atoms with Crippen molar-refractivity contribution in [1.29, 1.82) is 0 Å². The monoisotopic (exact) mass is 466 g/mol. The summed E-state index contributed by atoms with van der Waals surface area (Å²) in [7, 11) is 0. The van der Waals surface area contributed by atoms with Crippen molar-refractivity contribution in [3.8, 4) is 5.75 Å². The first kappa shape index (κ1) is 25.6. The molecule has 6 heteroatoms. The molecule has 2 aromatic carbocycles. The topological polar surface area (TPSA) is 75.8 Å². The van der Waals surface area contributed by atoms with Crippen LogP contribution in [0.2, 0.25) is 0 Å². The highest BCUT2D eigenvalue weighted by Crippen LogP contribution is 2.26. The number of nitrogens with zero attached hydrogens (tertiary/aromatic N) is 2. The minimum Gasteiger partial charge on any atom is -0.478 e. The van der Waals surface area contributed by atoms with E-state index in [1.807, 2.05) is 48.5 Å². The number of para-hydroxylation sites is 3. The first-order valence-electron chi connectivity index (χ1n) is 12.5. The molecule has 0 spiro atoms. The Balaban J connectivity index is 1.64. The third-order valence-corrected chi connectivity index (χ3v) is 6.06. The molecule has 0 aliphatic carbocycles. The van der Waals surface area contributed by atoms with Gasteiger partial charge in [-0.15, -0.1) is 0 Å². The van der Waals surface area contributed by atoms with Crippen LogP contribution in [0.15, 0.2) is 52.9 Å². The zero-order valence-electron chi connectivity index (χ0n) is 20.8. The van der Waals surface area contributed by atoms with Crippen LogP contribution in [-0.4, -0.2) is 34.8 Å². The summed E-state index contributed by atoms with van der Waals surface area (Å²) in [6, 6.07) is 16.2. The largest absolute Gasteiger partial charge is 0.478 e. The highest BCUT2D eigenvalue weighted by atomic mass is 16.5. The Hall–Kier alpha value is -3.02. The van der Waals surface area contributed by atoms with Gasteiger partial charge >= 0.3 is 5.97 Å². The predicted octanol–water partition coefficient (Wildman–Crippen LogP) is 6.87. The smallest absolute Gasteiger partial charge is 0.347 e. The maximum Gasteiger partial charge on any atom is 0.347 e. The number of aryl methyl sites for hydroxylation is 1. The SMILES string of the molecule is CCCCCCCCN(CCCc1ccccc1OC(C)(C)C(=O)O)c1nc2ccccc2o1. The van der Waals surface area contributed by atoms with Crippen molar-refractivity contribution >= 4 is 23.1 Å². The number of hydrogen-bond donors (Lipinski definition) is 1. The number of rotatable bonds is 15. The number of fused-ring (bicyclic) bond motifs is 1. The highest BCUT2D eigenvalue weighted by molar-refractivity contribution is 5.77. The van der Waals surface area contributed by atoms with Crippen LogP contribution in [0, 0.1) is 0 Å². The average molecular weight is 467 g/mol. The fraction of sp³-hybridized carbons (Fsp3) is 0.500. The number of carboxylic acids is 1. The fourth-order valence-corrected chi connectivity index (χ4v) is 3.97. The van der Waals surface area contributed by atoms with E-state index in [1.54, 1.807) is 13.8 Å². The van der Waals surface area contributed by atoms with E-state index in [0.29, 0.717) is 11.8 Å². The molecule has 0 aliphatic rings. The van der Waals surface area contributed by atoms with Crippen molar-refractivity contribution in [3.63, 3.8) is 0 Å². The Bertz CT molecular complexity index is 1010. The van der Waals surface area contributed by atoms with Gasteiger partial charge in [0.15, 0.2) is 11.2 Å². The van der Waals surface area contributed by atoms with Crippen LogP contribution in [0.25, 0.3) is 11.1 Å². The molecule has 3 rings (SSSR count). The standard InChI is InChI=1S/C28H38N2O4/c1-4-5-6-7-8-13-20-30(27-29-23-17-10-12-19-25(23)33-27)21-14-16-22-15-9-11-18-24(22)34-28(2,3)26(31)32/h9-12,15,17-19H,4-8,13-14,16,20-21H2,1-3H3,(H,31,32). The summed E-state index contributed by atoms with van der Waals surface area (Å²) in [5.74, 6) is -0.359. The Morgan fingerprint density at radius 1 is 0.971 bits per heavy atom. The molecular formula is C28H38N2O4. The first-order chi connectivity index (χ1) is 16.4. The number of anilines is 1. The number of ether oxygens (including phenoxy) is 1. The molecule has 0 radical (unpaired) electrons. The molecule has 0 aliphatic heterocycles. The Morgan fingerprint density at radius 2 is 1.65 bits per heavy atom. The van der Waals surface area contributed by atoms with E-state index < -0.39 is 11.6 Å². The Morgan fingerprint density at radius 3 is 2.41 bits per heavy atom. The van der Waals surface area contributed by atoms with Gasteiger partial charge in [-0.3, -0.25) is 0 Å². The van der Waals surface area contributed by atoms with E-state index in [9.17, 15) is 9.90 Å². The molecule has 1 aromatic heterocycles. The van der Waals surface area contributed by atoms with Crippen LogP contribution in [0.1, 0.15) is 71.3 Å². The molecule has 1 N–H and O–H groups in total. The van der Waals surface area contributed by atoms with Gasteiger partial charge in [0.25, 0.3) is 6.01 Å². The highest BCUT2D eigenvalue weighted by Gasteiger charge is 2.30. The molecule has 3 aromatic rings. The van der Waals surface area contributed by atoms with E-state index in [4.69, 9.17) is 14.1 Å². The molecule has 1 heterocycles. The second-order valence-corrected chi connectivity index (χ2v) is 9.35. The summed E-state index contributed by atoms with van der Waals surface area (Å²) in [5, 5.41) is 9.43. The molecule has 184 valence electrons. The van der Waals surface area contributed by atoms with Crippen LogP contribution in [0.3, 0.4) is 0 Å². The van der Waals surface area contributed by atoms with Crippen LogP contribution < -0.4 is 9.64 Å². The predicted molar refractivity (Wildman–Crippen MR) is 137 cm³/mol. The molecule has 34 heavy (non-hydrogen) atoms. The van der Waals surface area contributed by atoms with E-state index in [2.05, 4.69) is 11.8 Å². The number of aliphatic carboxylic acids is 1. The maximum absolute atomic E-state index is 11.5. The fourth-order valence-electron chi connectivity index (χ4n) is 3.97. The normalized spacial score (nSPS) is 11.6. The second-order valence-electron chi connectivity index (χ2n) is 9.35. The molecule has 0 unspecified atom stereocenters. The van der Waals surface area contributed by atoms with Crippen LogP contribution in [0.5, 0.6) is 5.75 Å². The van der Waals surface area contributed by atoms with Gasteiger partial charge in [0.2, 0.25) is 0 Å². The van der Waals surface area contributed by atoms with E-state index in [-0.39, 0.29) is 0 Å². The summed E-state index contributed by atoms with van der Waals surface area (Å²) in [6.45, 7) is 7.09. The molecule has 0 fully saturated rings. The van der Waals surface area contributed by atoms with Crippen molar-refractivity contribution in [3.05, 3.63) is 54.1 Å². The van der Waals surface area contributed by atoms with Crippen molar-refractivity contribution in [2.45, 2.75) is 77.7 Å². The second kappa shape index (κ2) is 12.4. The Kier molecular flexibility index (Phi) is 9.37.